The average Bonchev–Trinajstić information content (AvgIpc) is 3.11. The van der Waals surface area contributed by atoms with Crippen LogP contribution in [0.1, 0.15) is 30.0 Å². The normalized spacial score (nSPS) is 17.2. The highest BCUT2D eigenvalue weighted by atomic mass is 16.6. The fraction of sp³-hybridized carbons (Fsp3) is 0.304. The van der Waals surface area contributed by atoms with Crippen molar-refractivity contribution in [2.24, 2.45) is 5.92 Å². The van der Waals surface area contributed by atoms with Gasteiger partial charge in [-0.25, -0.2) is 9.69 Å². The molecule has 1 saturated heterocycles. The van der Waals surface area contributed by atoms with Gasteiger partial charge in [-0.3, -0.25) is 4.79 Å². The van der Waals surface area contributed by atoms with Gasteiger partial charge in [0.25, 0.3) is 0 Å². The molecule has 2 aromatic carbocycles. The SMILES string of the molecule is C=CC[C@H](COCc1ccccc1)CC(=O)N1C(=O)OC[C@H]1c1ccccc1. The number of ether oxygens (including phenoxy) is 2. The van der Waals surface area contributed by atoms with Crippen LogP contribution in [0.5, 0.6) is 0 Å². The molecule has 0 unspecified atom stereocenters. The molecule has 2 amide bonds. The van der Waals surface area contributed by atoms with Crippen LogP contribution in [0, 0.1) is 5.92 Å². The molecule has 5 nitrogen and oxygen atoms in total. The van der Waals surface area contributed by atoms with Crippen LogP contribution in [0.3, 0.4) is 0 Å². The second-order valence-electron chi connectivity index (χ2n) is 6.86. The summed E-state index contributed by atoms with van der Waals surface area (Å²) in [5, 5.41) is 0. The second-order valence-corrected chi connectivity index (χ2v) is 6.86. The fourth-order valence-electron chi connectivity index (χ4n) is 3.33. The molecular formula is C23H25NO4. The lowest BCUT2D eigenvalue weighted by Crippen LogP contribution is -2.35. The predicted octanol–water partition coefficient (Wildman–Crippen LogP) is 4.51. The van der Waals surface area contributed by atoms with Gasteiger partial charge in [0.05, 0.1) is 13.2 Å². The minimum Gasteiger partial charge on any atom is -0.446 e. The van der Waals surface area contributed by atoms with E-state index in [4.69, 9.17) is 9.47 Å². The monoisotopic (exact) mass is 379 g/mol. The van der Waals surface area contributed by atoms with E-state index in [1.54, 1.807) is 6.08 Å². The highest BCUT2D eigenvalue weighted by Gasteiger charge is 2.39. The van der Waals surface area contributed by atoms with Crippen molar-refractivity contribution >= 4 is 12.0 Å². The Labute approximate surface area is 165 Å². The van der Waals surface area contributed by atoms with Crippen molar-refractivity contribution in [2.75, 3.05) is 13.2 Å². The summed E-state index contributed by atoms with van der Waals surface area (Å²) in [6.45, 7) is 4.87. The highest BCUT2D eigenvalue weighted by molar-refractivity contribution is 5.93. The van der Waals surface area contributed by atoms with E-state index >= 15 is 0 Å². The summed E-state index contributed by atoms with van der Waals surface area (Å²) in [5.41, 5.74) is 1.97. The van der Waals surface area contributed by atoms with Gasteiger partial charge in [-0.2, -0.15) is 0 Å². The van der Waals surface area contributed by atoms with Crippen molar-refractivity contribution in [1.29, 1.82) is 0 Å². The van der Waals surface area contributed by atoms with E-state index in [0.717, 1.165) is 11.1 Å². The van der Waals surface area contributed by atoms with Crippen molar-refractivity contribution in [3.8, 4) is 0 Å². The molecule has 0 aliphatic carbocycles. The van der Waals surface area contributed by atoms with Gasteiger partial charge in [-0.15, -0.1) is 6.58 Å². The maximum Gasteiger partial charge on any atom is 0.417 e. The van der Waals surface area contributed by atoms with Gasteiger partial charge in [-0.05, 0) is 23.5 Å². The minimum absolute atomic E-state index is 0.0430. The highest BCUT2D eigenvalue weighted by Crippen LogP contribution is 2.29. The van der Waals surface area contributed by atoms with Gasteiger partial charge in [0, 0.05) is 6.42 Å². The van der Waals surface area contributed by atoms with E-state index in [-0.39, 0.29) is 30.9 Å². The molecular weight excluding hydrogens is 354 g/mol. The molecule has 1 aliphatic rings. The molecule has 2 atom stereocenters. The number of carbonyl (C=O) groups is 2. The Morgan fingerprint density at radius 2 is 1.86 bits per heavy atom. The molecule has 5 heteroatoms. The third-order valence-corrected chi connectivity index (χ3v) is 4.75. The second kappa shape index (κ2) is 9.85. The standard InChI is InChI=1S/C23H25NO4/c1-2-9-19(16-27-15-18-10-5-3-6-11-18)14-22(25)24-21(17-28-23(24)26)20-12-7-4-8-13-20/h2-8,10-13,19,21H,1,9,14-17H2/t19-,21-/m0/s1. The maximum absolute atomic E-state index is 12.9. The first-order valence-electron chi connectivity index (χ1n) is 9.45. The lowest BCUT2D eigenvalue weighted by Gasteiger charge is -2.22. The number of rotatable bonds is 9. The third-order valence-electron chi connectivity index (χ3n) is 4.75. The Bertz CT molecular complexity index is 791. The van der Waals surface area contributed by atoms with Crippen molar-refractivity contribution in [1.82, 2.24) is 4.90 Å². The molecule has 1 fully saturated rings. The van der Waals surface area contributed by atoms with Crippen molar-refractivity contribution in [3.05, 3.63) is 84.4 Å². The molecule has 1 aliphatic heterocycles. The Morgan fingerprint density at radius 3 is 2.54 bits per heavy atom. The zero-order chi connectivity index (χ0) is 19.8. The first kappa shape index (κ1) is 19.8. The quantitative estimate of drug-likeness (QED) is 0.602. The van der Waals surface area contributed by atoms with E-state index in [2.05, 4.69) is 6.58 Å². The molecule has 0 aromatic heterocycles. The summed E-state index contributed by atoms with van der Waals surface area (Å²) >= 11 is 0. The summed E-state index contributed by atoms with van der Waals surface area (Å²) < 4.78 is 11.0. The van der Waals surface area contributed by atoms with E-state index in [9.17, 15) is 9.59 Å². The van der Waals surface area contributed by atoms with E-state index in [1.165, 1.54) is 4.90 Å². The lowest BCUT2D eigenvalue weighted by molar-refractivity contribution is -0.130. The third kappa shape index (κ3) is 5.08. The minimum atomic E-state index is -0.582. The van der Waals surface area contributed by atoms with Gasteiger partial charge in [0.1, 0.15) is 12.6 Å². The first-order chi connectivity index (χ1) is 13.7. The largest absolute Gasteiger partial charge is 0.446 e. The summed E-state index contributed by atoms with van der Waals surface area (Å²) in [6, 6.07) is 19.0. The molecule has 3 rings (SSSR count). The predicted molar refractivity (Wildman–Crippen MR) is 106 cm³/mol. The molecule has 146 valence electrons. The van der Waals surface area contributed by atoms with Crippen LogP contribution in [0.15, 0.2) is 73.3 Å². The smallest absolute Gasteiger partial charge is 0.417 e. The van der Waals surface area contributed by atoms with Crippen LogP contribution in [0.4, 0.5) is 4.79 Å². The van der Waals surface area contributed by atoms with Gasteiger partial charge < -0.3 is 9.47 Å². The first-order valence-corrected chi connectivity index (χ1v) is 9.45. The van der Waals surface area contributed by atoms with E-state index in [0.29, 0.717) is 19.6 Å². The number of nitrogens with zero attached hydrogens (tertiary/aromatic N) is 1. The molecule has 0 N–H and O–H groups in total. The van der Waals surface area contributed by atoms with Crippen LogP contribution in [-0.2, 0) is 20.9 Å². The summed E-state index contributed by atoms with van der Waals surface area (Å²) in [7, 11) is 0. The number of allylic oxidation sites excluding steroid dienone is 1. The van der Waals surface area contributed by atoms with E-state index < -0.39 is 6.09 Å². The number of hydrogen-bond donors (Lipinski definition) is 0. The van der Waals surface area contributed by atoms with Crippen molar-refractivity contribution in [3.63, 3.8) is 0 Å². The Kier molecular flexibility index (Phi) is 6.98. The molecule has 0 spiro atoms. The van der Waals surface area contributed by atoms with E-state index in [1.807, 2.05) is 60.7 Å². The van der Waals surface area contributed by atoms with Crippen LogP contribution in [0.25, 0.3) is 0 Å². The lowest BCUT2D eigenvalue weighted by atomic mass is 10.00. The number of imide groups is 1. The summed E-state index contributed by atoms with van der Waals surface area (Å²) in [4.78, 5) is 26.3. The van der Waals surface area contributed by atoms with Crippen molar-refractivity contribution < 1.29 is 19.1 Å². The van der Waals surface area contributed by atoms with Crippen molar-refractivity contribution in [2.45, 2.75) is 25.5 Å². The molecule has 1 heterocycles. The molecule has 0 saturated carbocycles. The van der Waals surface area contributed by atoms with Crippen LogP contribution >= 0.6 is 0 Å². The van der Waals surface area contributed by atoms with Gasteiger partial charge in [0.2, 0.25) is 5.91 Å². The average molecular weight is 379 g/mol. The van der Waals surface area contributed by atoms with Gasteiger partial charge >= 0.3 is 6.09 Å². The zero-order valence-electron chi connectivity index (χ0n) is 15.8. The summed E-state index contributed by atoms with van der Waals surface area (Å²) in [5.74, 6) is -0.287. The fourth-order valence-corrected chi connectivity index (χ4v) is 3.33. The Hall–Kier alpha value is -2.92. The van der Waals surface area contributed by atoms with Gasteiger partial charge in [0.15, 0.2) is 0 Å². The maximum atomic E-state index is 12.9. The Morgan fingerprint density at radius 1 is 1.18 bits per heavy atom. The van der Waals surface area contributed by atoms with Gasteiger partial charge in [-0.1, -0.05) is 66.7 Å². The number of cyclic esters (lactones) is 1. The zero-order valence-corrected chi connectivity index (χ0v) is 15.8. The van der Waals surface area contributed by atoms with Crippen LogP contribution in [0.2, 0.25) is 0 Å². The number of hydrogen-bond acceptors (Lipinski definition) is 4. The number of amides is 2. The molecule has 0 radical (unpaired) electrons. The Balaban J connectivity index is 1.60. The summed E-state index contributed by atoms with van der Waals surface area (Å²) in [6.07, 6.45) is 2.04. The topological polar surface area (TPSA) is 55.8 Å². The molecule has 2 aromatic rings. The number of carbonyl (C=O) groups excluding carboxylic acids is 2. The number of benzene rings is 2. The molecule has 0 bridgehead atoms. The molecule has 28 heavy (non-hydrogen) atoms. The van der Waals surface area contributed by atoms with Crippen LogP contribution in [-0.4, -0.2) is 30.1 Å². The van der Waals surface area contributed by atoms with Crippen LogP contribution < -0.4 is 0 Å².